The first-order valence-corrected chi connectivity index (χ1v) is 4.88. The summed E-state index contributed by atoms with van der Waals surface area (Å²) in [5.41, 5.74) is 5.41. The third-order valence-corrected chi connectivity index (χ3v) is 2.71. The SMILES string of the molecule is CC1(c2noc(C(O)CCN)n2)CC1. The quantitative estimate of drug-likeness (QED) is 0.734. The van der Waals surface area contributed by atoms with Gasteiger partial charge in [0.2, 0.25) is 0 Å². The van der Waals surface area contributed by atoms with Crippen molar-refractivity contribution < 1.29 is 9.63 Å². The highest BCUT2D eigenvalue weighted by Gasteiger charge is 2.43. The van der Waals surface area contributed by atoms with Crippen LogP contribution in [0.5, 0.6) is 0 Å². The molecule has 0 aromatic carbocycles. The van der Waals surface area contributed by atoms with Gasteiger partial charge in [-0.2, -0.15) is 4.98 Å². The molecule has 0 amide bonds. The Hall–Kier alpha value is -0.940. The normalized spacial score (nSPS) is 20.8. The molecule has 5 heteroatoms. The molecule has 1 fully saturated rings. The maximum atomic E-state index is 9.54. The van der Waals surface area contributed by atoms with E-state index in [2.05, 4.69) is 17.1 Å². The first kappa shape index (κ1) is 9.61. The summed E-state index contributed by atoms with van der Waals surface area (Å²) in [6.07, 6.45) is 1.93. The van der Waals surface area contributed by atoms with Crippen molar-refractivity contribution in [3.63, 3.8) is 0 Å². The van der Waals surface area contributed by atoms with Gasteiger partial charge in [-0.25, -0.2) is 0 Å². The molecule has 1 atom stereocenters. The Balaban J connectivity index is 2.09. The van der Waals surface area contributed by atoms with Crippen molar-refractivity contribution in [3.8, 4) is 0 Å². The fourth-order valence-corrected chi connectivity index (χ4v) is 1.31. The Morgan fingerprint density at radius 1 is 1.64 bits per heavy atom. The summed E-state index contributed by atoms with van der Waals surface area (Å²) < 4.78 is 4.98. The summed E-state index contributed by atoms with van der Waals surface area (Å²) in [5, 5.41) is 13.4. The predicted molar refractivity (Wildman–Crippen MR) is 49.5 cm³/mol. The van der Waals surface area contributed by atoms with Gasteiger partial charge in [0.15, 0.2) is 5.82 Å². The molecule has 1 aliphatic carbocycles. The second kappa shape index (κ2) is 3.33. The molecule has 1 aliphatic rings. The molecule has 78 valence electrons. The molecule has 0 aliphatic heterocycles. The number of rotatable bonds is 4. The molecule has 0 saturated heterocycles. The summed E-state index contributed by atoms with van der Waals surface area (Å²) in [7, 11) is 0. The molecular weight excluding hydrogens is 182 g/mol. The summed E-state index contributed by atoms with van der Waals surface area (Å²) in [6.45, 7) is 2.51. The number of aliphatic hydroxyl groups is 1. The van der Waals surface area contributed by atoms with Gasteiger partial charge in [-0.05, 0) is 25.8 Å². The van der Waals surface area contributed by atoms with Crippen molar-refractivity contribution in [2.24, 2.45) is 5.73 Å². The monoisotopic (exact) mass is 197 g/mol. The van der Waals surface area contributed by atoms with Crippen LogP contribution in [0.4, 0.5) is 0 Å². The van der Waals surface area contributed by atoms with E-state index < -0.39 is 6.10 Å². The van der Waals surface area contributed by atoms with Gasteiger partial charge in [0.05, 0.1) is 0 Å². The largest absolute Gasteiger partial charge is 0.383 e. The average Bonchev–Trinajstić information content (AvgIpc) is 2.72. The molecule has 0 radical (unpaired) electrons. The molecule has 0 bridgehead atoms. The number of nitrogens with two attached hydrogens (primary N) is 1. The van der Waals surface area contributed by atoms with Crippen LogP contribution in [0.2, 0.25) is 0 Å². The van der Waals surface area contributed by atoms with E-state index in [9.17, 15) is 5.11 Å². The Labute approximate surface area is 82.3 Å². The van der Waals surface area contributed by atoms with E-state index in [4.69, 9.17) is 10.3 Å². The van der Waals surface area contributed by atoms with E-state index in [0.717, 1.165) is 12.8 Å². The molecule has 1 aromatic heterocycles. The minimum atomic E-state index is -0.719. The van der Waals surface area contributed by atoms with E-state index in [0.29, 0.717) is 24.7 Å². The highest BCUT2D eigenvalue weighted by Crippen LogP contribution is 2.46. The van der Waals surface area contributed by atoms with Crippen LogP contribution in [0.25, 0.3) is 0 Å². The molecule has 2 rings (SSSR count). The van der Waals surface area contributed by atoms with E-state index in [-0.39, 0.29) is 5.41 Å². The van der Waals surface area contributed by atoms with Crippen LogP contribution in [0.1, 0.15) is 44.0 Å². The number of aliphatic hydroxyl groups excluding tert-OH is 1. The molecule has 5 nitrogen and oxygen atoms in total. The molecule has 1 saturated carbocycles. The summed E-state index contributed by atoms with van der Waals surface area (Å²) in [5.74, 6) is 1.00. The van der Waals surface area contributed by atoms with Crippen molar-refractivity contribution in [2.45, 2.75) is 37.7 Å². The molecular formula is C9H15N3O2. The minimum absolute atomic E-state index is 0.0875. The molecule has 1 aromatic rings. The van der Waals surface area contributed by atoms with Gasteiger partial charge in [0, 0.05) is 5.41 Å². The first-order valence-electron chi connectivity index (χ1n) is 4.88. The lowest BCUT2D eigenvalue weighted by Gasteiger charge is -2.01. The first-order chi connectivity index (χ1) is 6.65. The predicted octanol–water partition coefficient (Wildman–Crippen LogP) is 0.503. The zero-order valence-electron chi connectivity index (χ0n) is 8.23. The van der Waals surface area contributed by atoms with Gasteiger partial charge in [-0.1, -0.05) is 12.1 Å². The zero-order valence-corrected chi connectivity index (χ0v) is 8.23. The van der Waals surface area contributed by atoms with Gasteiger partial charge in [0.1, 0.15) is 6.10 Å². The third-order valence-electron chi connectivity index (χ3n) is 2.71. The summed E-state index contributed by atoms with van der Waals surface area (Å²) >= 11 is 0. The van der Waals surface area contributed by atoms with Crippen LogP contribution in [0.3, 0.4) is 0 Å². The lowest BCUT2D eigenvalue weighted by molar-refractivity contribution is 0.127. The van der Waals surface area contributed by atoms with Crippen LogP contribution in [0, 0.1) is 0 Å². The lowest BCUT2D eigenvalue weighted by atomic mass is 10.1. The van der Waals surface area contributed by atoms with Gasteiger partial charge < -0.3 is 15.4 Å². The maximum absolute atomic E-state index is 9.54. The van der Waals surface area contributed by atoms with Crippen LogP contribution >= 0.6 is 0 Å². The standard InChI is InChI=1S/C9H15N3O2/c1-9(3-4-9)8-11-7(14-12-8)6(13)2-5-10/h6,13H,2-5,10H2,1H3. The lowest BCUT2D eigenvalue weighted by Crippen LogP contribution is -2.08. The van der Waals surface area contributed by atoms with Crippen molar-refractivity contribution >= 4 is 0 Å². The van der Waals surface area contributed by atoms with Gasteiger partial charge in [0.25, 0.3) is 5.89 Å². The fourth-order valence-electron chi connectivity index (χ4n) is 1.31. The zero-order chi connectivity index (χ0) is 10.2. The van der Waals surface area contributed by atoms with Crippen molar-refractivity contribution in [2.75, 3.05) is 6.54 Å². The second-order valence-corrected chi connectivity index (χ2v) is 4.11. The Morgan fingerprint density at radius 2 is 2.36 bits per heavy atom. The number of hydrogen-bond donors (Lipinski definition) is 2. The van der Waals surface area contributed by atoms with E-state index in [1.807, 2.05) is 0 Å². The highest BCUT2D eigenvalue weighted by molar-refractivity contribution is 5.14. The van der Waals surface area contributed by atoms with E-state index >= 15 is 0 Å². The molecule has 1 unspecified atom stereocenters. The smallest absolute Gasteiger partial charge is 0.255 e. The number of nitrogens with zero attached hydrogens (tertiary/aromatic N) is 2. The van der Waals surface area contributed by atoms with Gasteiger partial charge >= 0.3 is 0 Å². The molecule has 3 N–H and O–H groups in total. The van der Waals surface area contributed by atoms with Crippen molar-refractivity contribution in [3.05, 3.63) is 11.7 Å². The fraction of sp³-hybridized carbons (Fsp3) is 0.778. The highest BCUT2D eigenvalue weighted by atomic mass is 16.5. The Morgan fingerprint density at radius 3 is 2.93 bits per heavy atom. The second-order valence-electron chi connectivity index (χ2n) is 4.11. The molecule has 1 heterocycles. The Bertz CT molecular complexity index is 320. The van der Waals surface area contributed by atoms with Crippen molar-refractivity contribution in [1.82, 2.24) is 10.1 Å². The molecule has 14 heavy (non-hydrogen) atoms. The number of aromatic nitrogens is 2. The van der Waals surface area contributed by atoms with Crippen LogP contribution in [-0.2, 0) is 5.41 Å². The number of hydrogen-bond acceptors (Lipinski definition) is 5. The van der Waals surface area contributed by atoms with Crippen molar-refractivity contribution in [1.29, 1.82) is 0 Å². The van der Waals surface area contributed by atoms with Gasteiger partial charge in [-0.15, -0.1) is 0 Å². The van der Waals surface area contributed by atoms with Crippen LogP contribution in [-0.4, -0.2) is 21.8 Å². The van der Waals surface area contributed by atoms with E-state index in [1.165, 1.54) is 0 Å². The van der Waals surface area contributed by atoms with E-state index in [1.54, 1.807) is 0 Å². The average molecular weight is 197 g/mol. The van der Waals surface area contributed by atoms with Crippen LogP contribution in [0.15, 0.2) is 4.52 Å². The maximum Gasteiger partial charge on any atom is 0.255 e. The summed E-state index contributed by atoms with van der Waals surface area (Å²) in [4.78, 5) is 4.18. The minimum Gasteiger partial charge on any atom is -0.383 e. The molecule has 0 spiro atoms. The summed E-state index contributed by atoms with van der Waals surface area (Å²) in [6, 6.07) is 0. The topological polar surface area (TPSA) is 85.2 Å². The van der Waals surface area contributed by atoms with Gasteiger partial charge in [-0.3, -0.25) is 0 Å². The van der Waals surface area contributed by atoms with Crippen LogP contribution < -0.4 is 5.73 Å². The third kappa shape index (κ3) is 1.65. The Kier molecular flexibility index (Phi) is 2.28.